The van der Waals surface area contributed by atoms with Crippen molar-refractivity contribution < 1.29 is 9.84 Å². The summed E-state index contributed by atoms with van der Waals surface area (Å²) in [6.07, 6.45) is 7.53. The van der Waals surface area contributed by atoms with Gasteiger partial charge in [-0.25, -0.2) is 0 Å². The first-order valence-electron chi connectivity index (χ1n) is 6.35. The Morgan fingerprint density at radius 1 is 1.40 bits per heavy atom. The van der Waals surface area contributed by atoms with Gasteiger partial charge in [0.1, 0.15) is 0 Å². The molecule has 0 bridgehead atoms. The average Bonchev–Trinajstić information content (AvgIpc) is 2.11. The summed E-state index contributed by atoms with van der Waals surface area (Å²) in [5.74, 6) is 0.638. The lowest BCUT2D eigenvalue weighted by Crippen LogP contribution is -2.42. The van der Waals surface area contributed by atoms with Crippen molar-refractivity contribution in [1.82, 2.24) is 0 Å². The predicted octanol–water partition coefficient (Wildman–Crippen LogP) is 3.13. The van der Waals surface area contributed by atoms with E-state index >= 15 is 0 Å². The first-order chi connectivity index (χ1) is 7.12. The van der Waals surface area contributed by atoms with Crippen molar-refractivity contribution in [3.05, 3.63) is 0 Å². The van der Waals surface area contributed by atoms with Crippen molar-refractivity contribution in [2.75, 3.05) is 7.11 Å². The molecule has 0 amide bonds. The molecule has 1 aliphatic rings. The minimum Gasteiger partial charge on any atom is -0.393 e. The van der Waals surface area contributed by atoms with E-state index in [0.717, 1.165) is 25.7 Å². The molecule has 2 atom stereocenters. The molecule has 2 nitrogen and oxygen atoms in total. The van der Waals surface area contributed by atoms with E-state index in [1.54, 1.807) is 7.11 Å². The third kappa shape index (κ3) is 3.76. The zero-order valence-electron chi connectivity index (χ0n) is 10.5. The van der Waals surface area contributed by atoms with Gasteiger partial charge in [-0.1, -0.05) is 26.7 Å². The van der Waals surface area contributed by atoms with Crippen molar-refractivity contribution in [2.24, 2.45) is 5.92 Å². The number of ether oxygens (including phenoxy) is 1. The highest BCUT2D eigenvalue weighted by atomic mass is 16.5. The molecule has 1 N–H and O–H groups in total. The van der Waals surface area contributed by atoms with Crippen molar-refractivity contribution in [2.45, 2.75) is 70.5 Å². The fraction of sp³-hybridized carbons (Fsp3) is 1.00. The van der Waals surface area contributed by atoms with Crippen molar-refractivity contribution >= 4 is 0 Å². The van der Waals surface area contributed by atoms with Gasteiger partial charge in [-0.05, 0) is 31.6 Å². The number of hydrogen-bond acceptors (Lipinski definition) is 2. The maximum absolute atomic E-state index is 10.00. The van der Waals surface area contributed by atoms with E-state index in [2.05, 4.69) is 13.8 Å². The Kier molecular flexibility index (Phi) is 5.07. The SMILES string of the molecule is CCCC(C)CC(O)CC1(OC)CCC1. The summed E-state index contributed by atoms with van der Waals surface area (Å²) >= 11 is 0. The predicted molar refractivity (Wildman–Crippen MR) is 62.9 cm³/mol. The Morgan fingerprint density at radius 2 is 2.07 bits per heavy atom. The van der Waals surface area contributed by atoms with Gasteiger partial charge in [-0.2, -0.15) is 0 Å². The van der Waals surface area contributed by atoms with E-state index in [0.29, 0.717) is 5.92 Å². The first kappa shape index (κ1) is 13.0. The lowest BCUT2D eigenvalue weighted by molar-refractivity contribution is -0.101. The zero-order valence-corrected chi connectivity index (χ0v) is 10.5. The fourth-order valence-electron chi connectivity index (χ4n) is 2.65. The monoisotopic (exact) mass is 214 g/mol. The molecule has 90 valence electrons. The van der Waals surface area contributed by atoms with E-state index in [9.17, 15) is 5.11 Å². The van der Waals surface area contributed by atoms with Crippen molar-refractivity contribution in [3.63, 3.8) is 0 Å². The van der Waals surface area contributed by atoms with Crippen molar-refractivity contribution in [1.29, 1.82) is 0 Å². The molecule has 0 spiro atoms. The average molecular weight is 214 g/mol. The molecule has 0 saturated heterocycles. The molecule has 0 aromatic rings. The molecule has 0 aromatic carbocycles. The van der Waals surface area contributed by atoms with Gasteiger partial charge in [-0.3, -0.25) is 0 Å². The van der Waals surface area contributed by atoms with Gasteiger partial charge in [0.25, 0.3) is 0 Å². The summed E-state index contributed by atoms with van der Waals surface area (Å²) in [5.41, 5.74) is 0.0192. The minimum absolute atomic E-state index is 0.0192. The Morgan fingerprint density at radius 3 is 2.47 bits per heavy atom. The number of aliphatic hydroxyl groups is 1. The van der Waals surface area contributed by atoms with E-state index in [1.807, 2.05) is 0 Å². The van der Waals surface area contributed by atoms with Crippen LogP contribution in [0.2, 0.25) is 0 Å². The van der Waals surface area contributed by atoms with Crippen LogP contribution in [0.4, 0.5) is 0 Å². The third-order valence-electron chi connectivity index (χ3n) is 3.76. The van der Waals surface area contributed by atoms with Crippen LogP contribution in [-0.2, 0) is 4.74 Å². The molecular weight excluding hydrogens is 188 g/mol. The molecule has 0 aliphatic heterocycles. The second kappa shape index (κ2) is 5.86. The maximum atomic E-state index is 10.00. The summed E-state index contributed by atoms with van der Waals surface area (Å²) < 4.78 is 5.53. The van der Waals surface area contributed by atoms with Gasteiger partial charge in [0.05, 0.1) is 11.7 Å². The summed E-state index contributed by atoms with van der Waals surface area (Å²) in [7, 11) is 1.78. The van der Waals surface area contributed by atoms with Crippen LogP contribution < -0.4 is 0 Å². The number of rotatable bonds is 7. The van der Waals surface area contributed by atoms with Gasteiger partial charge in [0.15, 0.2) is 0 Å². The highest BCUT2D eigenvalue weighted by Gasteiger charge is 2.38. The fourth-order valence-corrected chi connectivity index (χ4v) is 2.65. The Bertz CT molecular complexity index is 170. The Hall–Kier alpha value is -0.0800. The highest BCUT2D eigenvalue weighted by molar-refractivity contribution is 4.91. The number of aliphatic hydroxyl groups excluding tert-OH is 1. The molecule has 1 saturated carbocycles. The van der Waals surface area contributed by atoms with Gasteiger partial charge in [-0.15, -0.1) is 0 Å². The second-order valence-electron chi connectivity index (χ2n) is 5.23. The van der Waals surface area contributed by atoms with Gasteiger partial charge in [0, 0.05) is 13.5 Å². The van der Waals surface area contributed by atoms with E-state index in [4.69, 9.17) is 4.74 Å². The standard InChI is InChI=1S/C13H26O2/c1-4-6-11(2)9-12(14)10-13(15-3)7-5-8-13/h11-12,14H,4-10H2,1-3H3. The summed E-state index contributed by atoms with van der Waals surface area (Å²) in [6.45, 7) is 4.43. The van der Waals surface area contributed by atoms with Crippen LogP contribution in [0.3, 0.4) is 0 Å². The normalized spacial score (nSPS) is 23.2. The largest absolute Gasteiger partial charge is 0.393 e. The van der Waals surface area contributed by atoms with Crippen LogP contribution in [0, 0.1) is 5.92 Å². The highest BCUT2D eigenvalue weighted by Crippen LogP contribution is 2.39. The Balaban J connectivity index is 2.25. The molecule has 0 aromatic heterocycles. The maximum Gasteiger partial charge on any atom is 0.0703 e. The second-order valence-corrected chi connectivity index (χ2v) is 5.23. The van der Waals surface area contributed by atoms with E-state index in [-0.39, 0.29) is 11.7 Å². The van der Waals surface area contributed by atoms with Crippen LogP contribution in [0.15, 0.2) is 0 Å². The molecule has 1 fully saturated rings. The van der Waals surface area contributed by atoms with Crippen LogP contribution in [-0.4, -0.2) is 23.9 Å². The molecule has 1 rings (SSSR count). The topological polar surface area (TPSA) is 29.5 Å². The van der Waals surface area contributed by atoms with E-state index < -0.39 is 0 Å². The summed E-state index contributed by atoms with van der Waals surface area (Å²) in [6, 6.07) is 0. The Labute approximate surface area is 94.0 Å². The van der Waals surface area contributed by atoms with E-state index in [1.165, 1.54) is 19.3 Å². The smallest absolute Gasteiger partial charge is 0.0703 e. The van der Waals surface area contributed by atoms with Crippen LogP contribution in [0.25, 0.3) is 0 Å². The lowest BCUT2D eigenvalue weighted by Gasteiger charge is -2.42. The minimum atomic E-state index is -0.174. The molecule has 0 radical (unpaired) electrons. The molecular formula is C13H26O2. The van der Waals surface area contributed by atoms with Crippen LogP contribution >= 0.6 is 0 Å². The quantitative estimate of drug-likeness (QED) is 0.705. The molecule has 2 heteroatoms. The van der Waals surface area contributed by atoms with Gasteiger partial charge in [0.2, 0.25) is 0 Å². The zero-order chi connectivity index (χ0) is 11.3. The summed E-state index contributed by atoms with van der Waals surface area (Å²) in [5, 5.41) is 10.00. The lowest BCUT2D eigenvalue weighted by atomic mass is 9.75. The van der Waals surface area contributed by atoms with Gasteiger partial charge >= 0.3 is 0 Å². The van der Waals surface area contributed by atoms with Gasteiger partial charge < -0.3 is 9.84 Å². The number of methoxy groups -OCH3 is 1. The molecule has 2 unspecified atom stereocenters. The molecule has 1 aliphatic carbocycles. The third-order valence-corrected chi connectivity index (χ3v) is 3.76. The number of hydrogen-bond donors (Lipinski definition) is 1. The molecule has 15 heavy (non-hydrogen) atoms. The summed E-state index contributed by atoms with van der Waals surface area (Å²) in [4.78, 5) is 0. The molecule has 0 heterocycles. The van der Waals surface area contributed by atoms with Crippen molar-refractivity contribution in [3.8, 4) is 0 Å². The van der Waals surface area contributed by atoms with Crippen LogP contribution in [0.5, 0.6) is 0 Å². The first-order valence-corrected chi connectivity index (χ1v) is 6.35. The van der Waals surface area contributed by atoms with Crippen LogP contribution in [0.1, 0.15) is 58.8 Å².